The molecule has 0 aromatic heterocycles. The molecule has 0 aliphatic carbocycles. The molecule has 0 amide bonds. The second-order valence-electron chi connectivity index (χ2n) is 8.41. The Morgan fingerprint density at radius 3 is 2.38 bits per heavy atom. The van der Waals surface area contributed by atoms with E-state index in [0.29, 0.717) is 17.8 Å². The molecule has 154 valence electrons. The molecule has 0 bridgehead atoms. The number of likely N-dealkylation sites (tertiary alicyclic amines) is 1. The molecule has 0 radical (unpaired) electrons. The highest BCUT2D eigenvalue weighted by Crippen LogP contribution is 2.35. The van der Waals surface area contributed by atoms with Crippen LogP contribution in [0.4, 0.5) is 0 Å². The highest BCUT2D eigenvalue weighted by molar-refractivity contribution is 5.80. The van der Waals surface area contributed by atoms with Crippen molar-refractivity contribution < 1.29 is 4.74 Å². The van der Waals surface area contributed by atoms with E-state index in [1.165, 1.54) is 17.5 Å². The standard InChI is InChI=1S/C25H33N3O/c1-19-18-28(15-13-23(19)20-9-5-3-6-10-20)25(26-2)27-17-22-14-16-29-24(22)21-11-7-4-8-12-21/h3-12,19,22-24H,13-18H2,1-2H3,(H,26,27). The van der Waals surface area contributed by atoms with E-state index in [1.54, 1.807) is 0 Å². The zero-order valence-corrected chi connectivity index (χ0v) is 17.6. The summed E-state index contributed by atoms with van der Waals surface area (Å²) in [4.78, 5) is 7.02. The first-order chi connectivity index (χ1) is 14.3. The molecular formula is C25H33N3O. The summed E-state index contributed by atoms with van der Waals surface area (Å²) < 4.78 is 6.05. The first-order valence-corrected chi connectivity index (χ1v) is 10.9. The van der Waals surface area contributed by atoms with Gasteiger partial charge in [0.05, 0.1) is 6.10 Å². The first-order valence-electron chi connectivity index (χ1n) is 10.9. The van der Waals surface area contributed by atoms with E-state index in [2.05, 4.69) is 82.8 Å². The van der Waals surface area contributed by atoms with Crippen LogP contribution in [-0.4, -0.2) is 44.1 Å². The molecule has 4 rings (SSSR count). The highest BCUT2D eigenvalue weighted by atomic mass is 16.5. The van der Waals surface area contributed by atoms with Crippen molar-refractivity contribution >= 4 is 5.96 Å². The monoisotopic (exact) mass is 391 g/mol. The minimum absolute atomic E-state index is 0.185. The number of aliphatic imine (C=N–C) groups is 1. The molecule has 2 aliphatic rings. The fraction of sp³-hybridized carbons (Fsp3) is 0.480. The molecule has 2 aliphatic heterocycles. The smallest absolute Gasteiger partial charge is 0.193 e. The van der Waals surface area contributed by atoms with Crippen LogP contribution in [0.3, 0.4) is 0 Å². The van der Waals surface area contributed by atoms with Crippen LogP contribution < -0.4 is 5.32 Å². The van der Waals surface area contributed by atoms with Gasteiger partial charge in [-0.1, -0.05) is 67.6 Å². The summed E-state index contributed by atoms with van der Waals surface area (Å²) >= 11 is 0. The average Bonchev–Trinajstić information content (AvgIpc) is 3.24. The van der Waals surface area contributed by atoms with Gasteiger partial charge in [-0.25, -0.2) is 0 Å². The fourth-order valence-corrected chi connectivity index (χ4v) is 4.94. The van der Waals surface area contributed by atoms with Gasteiger partial charge < -0.3 is 15.0 Å². The largest absolute Gasteiger partial charge is 0.373 e. The van der Waals surface area contributed by atoms with Crippen LogP contribution in [-0.2, 0) is 4.74 Å². The summed E-state index contributed by atoms with van der Waals surface area (Å²) in [5.74, 6) is 2.75. The lowest BCUT2D eigenvalue weighted by atomic mass is 9.82. The van der Waals surface area contributed by atoms with Crippen molar-refractivity contribution in [3.05, 3.63) is 71.8 Å². The number of benzene rings is 2. The maximum Gasteiger partial charge on any atom is 0.193 e. The normalized spacial score (nSPS) is 27.8. The summed E-state index contributed by atoms with van der Waals surface area (Å²) in [5, 5.41) is 3.65. The van der Waals surface area contributed by atoms with E-state index >= 15 is 0 Å². The molecule has 4 nitrogen and oxygen atoms in total. The third kappa shape index (κ3) is 4.64. The second kappa shape index (κ2) is 9.45. The van der Waals surface area contributed by atoms with Gasteiger partial charge in [-0.15, -0.1) is 0 Å². The van der Waals surface area contributed by atoms with Gasteiger partial charge >= 0.3 is 0 Å². The summed E-state index contributed by atoms with van der Waals surface area (Å²) in [7, 11) is 1.90. The number of ether oxygens (including phenoxy) is 1. The van der Waals surface area contributed by atoms with Crippen molar-refractivity contribution in [3.8, 4) is 0 Å². The maximum atomic E-state index is 6.05. The van der Waals surface area contributed by atoms with Crippen molar-refractivity contribution in [2.75, 3.05) is 33.3 Å². The van der Waals surface area contributed by atoms with Gasteiger partial charge in [0.2, 0.25) is 0 Å². The summed E-state index contributed by atoms with van der Waals surface area (Å²) in [6, 6.07) is 21.6. The Labute approximate surface area is 175 Å². The summed E-state index contributed by atoms with van der Waals surface area (Å²) in [6.07, 6.45) is 2.45. The SMILES string of the molecule is CN=C(NCC1CCOC1c1ccccc1)N1CCC(c2ccccc2)C(C)C1. The Balaban J connectivity index is 1.34. The number of piperidine rings is 1. The molecular weight excluding hydrogens is 358 g/mol. The van der Waals surface area contributed by atoms with Gasteiger partial charge in [-0.3, -0.25) is 4.99 Å². The summed E-state index contributed by atoms with van der Waals surface area (Å²) in [5.41, 5.74) is 2.75. The molecule has 0 spiro atoms. The van der Waals surface area contributed by atoms with Crippen molar-refractivity contribution in [2.45, 2.75) is 31.8 Å². The molecule has 29 heavy (non-hydrogen) atoms. The highest BCUT2D eigenvalue weighted by Gasteiger charge is 2.32. The lowest BCUT2D eigenvalue weighted by Crippen LogP contribution is -2.49. The van der Waals surface area contributed by atoms with Crippen LogP contribution in [0.2, 0.25) is 0 Å². The molecule has 2 aromatic carbocycles. The predicted octanol–water partition coefficient (Wildman–Crippen LogP) is 4.47. The minimum atomic E-state index is 0.185. The van der Waals surface area contributed by atoms with Gasteiger partial charge in [-0.2, -0.15) is 0 Å². The third-order valence-electron chi connectivity index (χ3n) is 6.51. The van der Waals surface area contributed by atoms with E-state index in [1.807, 2.05) is 7.05 Å². The topological polar surface area (TPSA) is 36.9 Å². The van der Waals surface area contributed by atoms with Crippen molar-refractivity contribution in [1.82, 2.24) is 10.2 Å². The van der Waals surface area contributed by atoms with Crippen LogP contribution in [0.5, 0.6) is 0 Å². The molecule has 2 aromatic rings. The number of hydrogen-bond donors (Lipinski definition) is 1. The molecule has 2 fully saturated rings. The number of rotatable bonds is 4. The van der Waals surface area contributed by atoms with Crippen LogP contribution in [0.25, 0.3) is 0 Å². The Bertz CT molecular complexity index is 792. The van der Waals surface area contributed by atoms with Crippen LogP contribution >= 0.6 is 0 Å². The molecule has 4 atom stereocenters. The Morgan fingerprint density at radius 1 is 1.03 bits per heavy atom. The van der Waals surface area contributed by atoms with E-state index in [-0.39, 0.29) is 6.10 Å². The lowest BCUT2D eigenvalue weighted by Gasteiger charge is -2.39. The van der Waals surface area contributed by atoms with E-state index < -0.39 is 0 Å². The molecule has 1 N–H and O–H groups in total. The van der Waals surface area contributed by atoms with Gasteiger partial charge in [0.1, 0.15) is 0 Å². The Morgan fingerprint density at radius 2 is 1.72 bits per heavy atom. The molecule has 2 saturated heterocycles. The van der Waals surface area contributed by atoms with Crippen LogP contribution in [0.15, 0.2) is 65.7 Å². The van der Waals surface area contributed by atoms with Gasteiger partial charge in [0.15, 0.2) is 5.96 Å². The number of nitrogens with zero attached hydrogens (tertiary/aromatic N) is 2. The number of guanidine groups is 1. The quantitative estimate of drug-likeness (QED) is 0.617. The van der Waals surface area contributed by atoms with Crippen LogP contribution in [0, 0.1) is 11.8 Å². The minimum Gasteiger partial charge on any atom is -0.373 e. The number of hydrogen-bond acceptors (Lipinski definition) is 2. The van der Waals surface area contributed by atoms with E-state index in [0.717, 1.165) is 38.6 Å². The second-order valence-corrected chi connectivity index (χ2v) is 8.41. The molecule has 4 heteroatoms. The van der Waals surface area contributed by atoms with Crippen molar-refractivity contribution in [1.29, 1.82) is 0 Å². The predicted molar refractivity (Wildman–Crippen MR) is 119 cm³/mol. The molecule has 2 heterocycles. The van der Waals surface area contributed by atoms with E-state index in [4.69, 9.17) is 4.74 Å². The third-order valence-corrected chi connectivity index (χ3v) is 6.51. The van der Waals surface area contributed by atoms with Gasteiger partial charge in [0, 0.05) is 39.2 Å². The molecule has 0 saturated carbocycles. The van der Waals surface area contributed by atoms with Crippen molar-refractivity contribution in [3.63, 3.8) is 0 Å². The zero-order valence-electron chi connectivity index (χ0n) is 17.6. The average molecular weight is 392 g/mol. The fourth-order valence-electron chi connectivity index (χ4n) is 4.94. The number of nitrogens with one attached hydrogen (secondary N) is 1. The van der Waals surface area contributed by atoms with Crippen molar-refractivity contribution in [2.24, 2.45) is 16.8 Å². The molecule has 4 unspecified atom stereocenters. The summed E-state index contributed by atoms with van der Waals surface area (Å²) in [6.45, 7) is 6.20. The van der Waals surface area contributed by atoms with E-state index in [9.17, 15) is 0 Å². The van der Waals surface area contributed by atoms with Crippen LogP contribution in [0.1, 0.15) is 42.9 Å². The van der Waals surface area contributed by atoms with Gasteiger partial charge in [-0.05, 0) is 35.8 Å². The Hall–Kier alpha value is -2.33. The zero-order chi connectivity index (χ0) is 20.1. The van der Waals surface area contributed by atoms with Gasteiger partial charge in [0.25, 0.3) is 0 Å². The lowest BCUT2D eigenvalue weighted by molar-refractivity contribution is 0.0912. The Kier molecular flexibility index (Phi) is 6.50. The first kappa shape index (κ1) is 20.0. The maximum absolute atomic E-state index is 6.05.